The molecule has 0 aliphatic carbocycles. The van der Waals surface area contributed by atoms with Gasteiger partial charge in [-0.05, 0) is 39.7 Å². The van der Waals surface area contributed by atoms with Gasteiger partial charge < -0.3 is 15.5 Å². The number of pyridine rings is 1. The van der Waals surface area contributed by atoms with Crippen molar-refractivity contribution in [3.05, 3.63) is 23.5 Å². The Bertz CT molecular complexity index is 507. The van der Waals surface area contributed by atoms with Gasteiger partial charge in [0, 0.05) is 32.2 Å². The van der Waals surface area contributed by atoms with E-state index < -0.39 is 0 Å². The van der Waals surface area contributed by atoms with Gasteiger partial charge in [-0.15, -0.1) is 0 Å². The largest absolute Gasteiger partial charge is 0.397 e. The van der Waals surface area contributed by atoms with Crippen molar-refractivity contribution in [1.29, 1.82) is 0 Å². The van der Waals surface area contributed by atoms with Gasteiger partial charge in [0.1, 0.15) is 0 Å². The van der Waals surface area contributed by atoms with E-state index in [1.807, 2.05) is 18.9 Å². The second kappa shape index (κ2) is 6.43. The highest BCUT2D eigenvalue weighted by Crippen LogP contribution is 2.20. The Balaban J connectivity index is 2.05. The fraction of sp³-hybridized carbons (Fsp3) is 0.625. The summed E-state index contributed by atoms with van der Waals surface area (Å²) in [6, 6.07) is 2.60. The molecule has 0 radical (unpaired) electrons. The molecular formula is C16H26N4O. The fourth-order valence-electron chi connectivity index (χ4n) is 2.91. The van der Waals surface area contributed by atoms with Crippen molar-refractivity contribution in [3.63, 3.8) is 0 Å². The first-order valence-electron chi connectivity index (χ1n) is 7.63. The minimum absolute atomic E-state index is 0.0234. The molecule has 1 fully saturated rings. The molecule has 2 heterocycles. The minimum Gasteiger partial charge on any atom is -0.397 e. The molecule has 116 valence electrons. The van der Waals surface area contributed by atoms with E-state index in [1.165, 1.54) is 0 Å². The van der Waals surface area contributed by atoms with Gasteiger partial charge >= 0.3 is 0 Å². The number of nitrogens with two attached hydrogens (primary N) is 1. The summed E-state index contributed by atoms with van der Waals surface area (Å²) in [7, 11) is 1.89. The van der Waals surface area contributed by atoms with Crippen LogP contribution in [0.2, 0.25) is 0 Å². The number of aryl methyl sites for hydroxylation is 1. The number of piperidine rings is 1. The molecule has 0 aromatic carbocycles. The summed E-state index contributed by atoms with van der Waals surface area (Å²) in [4.78, 5) is 21.2. The zero-order valence-electron chi connectivity index (χ0n) is 13.5. The second-order valence-electron chi connectivity index (χ2n) is 6.18. The van der Waals surface area contributed by atoms with Gasteiger partial charge in [-0.2, -0.15) is 0 Å². The van der Waals surface area contributed by atoms with Crippen molar-refractivity contribution >= 4 is 11.6 Å². The number of nitrogen functional groups attached to an aromatic ring is 1. The molecule has 2 N–H and O–H groups in total. The molecule has 1 aliphatic rings. The topological polar surface area (TPSA) is 62.5 Å². The van der Waals surface area contributed by atoms with Gasteiger partial charge in [-0.3, -0.25) is 9.78 Å². The van der Waals surface area contributed by atoms with Crippen molar-refractivity contribution in [3.8, 4) is 0 Å². The normalized spacial score (nSPS) is 17.2. The Morgan fingerprint density at radius 1 is 1.43 bits per heavy atom. The lowest BCUT2D eigenvalue weighted by Gasteiger charge is -2.38. The Kier molecular flexibility index (Phi) is 4.83. The molecule has 1 aromatic heterocycles. The van der Waals surface area contributed by atoms with Crippen LogP contribution in [0.4, 0.5) is 5.69 Å². The number of anilines is 1. The minimum atomic E-state index is 0.0234. The van der Waals surface area contributed by atoms with Gasteiger partial charge in [-0.25, -0.2) is 0 Å². The number of hydrogen-bond acceptors (Lipinski definition) is 4. The van der Waals surface area contributed by atoms with E-state index in [9.17, 15) is 4.79 Å². The molecule has 0 atom stereocenters. The van der Waals surface area contributed by atoms with Crippen LogP contribution >= 0.6 is 0 Å². The van der Waals surface area contributed by atoms with Crippen LogP contribution in [0.25, 0.3) is 0 Å². The number of hydrogen-bond donors (Lipinski definition) is 1. The average molecular weight is 290 g/mol. The van der Waals surface area contributed by atoms with E-state index in [-0.39, 0.29) is 5.91 Å². The summed E-state index contributed by atoms with van der Waals surface area (Å²) in [6.07, 6.45) is 3.64. The summed E-state index contributed by atoms with van der Waals surface area (Å²) in [5.74, 6) is 0.0234. The molecule has 21 heavy (non-hydrogen) atoms. The zero-order valence-corrected chi connectivity index (χ0v) is 13.5. The number of likely N-dealkylation sites (tertiary alicyclic amines) is 1. The monoisotopic (exact) mass is 290 g/mol. The first kappa shape index (κ1) is 15.8. The average Bonchev–Trinajstić information content (AvgIpc) is 2.48. The summed E-state index contributed by atoms with van der Waals surface area (Å²) in [5, 5.41) is 0. The summed E-state index contributed by atoms with van der Waals surface area (Å²) >= 11 is 0. The van der Waals surface area contributed by atoms with Crippen molar-refractivity contribution in [2.24, 2.45) is 0 Å². The standard InChI is InChI=1S/C16H26N4O/c1-11(2)20-7-5-14(6-8-20)19(4)16(21)15-9-13(17)10-18-12(15)3/h9-11,14H,5-8,17H2,1-4H3. The number of nitrogens with zero attached hydrogens (tertiary/aromatic N) is 3. The number of carbonyl (C=O) groups is 1. The molecule has 1 amide bonds. The third-order valence-corrected chi connectivity index (χ3v) is 4.44. The maximum absolute atomic E-state index is 12.6. The van der Waals surface area contributed by atoms with Gasteiger partial charge in [0.15, 0.2) is 0 Å². The third kappa shape index (κ3) is 3.53. The highest BCUT2D eigenvalue weighted by atomic mass is 16.2. The first-order chi connectivity index (χ1) is 9.90. The smallest absolute Gasteiger partial charge is 0.255 e. The Morgan fingerprint density at radius 2 is 2.05 bits per heavy atom. The van der Waals surface area contributed by atoms with E-state index in [0.29, 0.717) is 23.3 Å². The molecule has 5 nitrogen and oxygen atoms in total. The van der Waals surface area contributed by atoms with E-state index in [0.717, 1.165) is 31.6 Å². The number of rotatable bonds is 3. The first-order valence-corrected chi connectivity index (χ1v) is 7.63. The highest BCUT2D eigenvalue weighted by Gasteiger charge is 2.27. The van der Waals surface area contributed by atoms with Crippen molar-refractivity contribution in [2.75, 3.05) is 25.9 Å². The molecule has 1 aromatic rings. The van der Waals surface area contributed by atoms with E-state index in [4.69, 9.17) is 5.73 Å². The zero-order chi connectivity index (χ0) is 15.6. The summed E-state index contributed by atoms with van der Waals surface area (Å²) in [6.45, 7) is 8.39. The van der Waals surface area contributed by atoms with Gasteiger partial charge in [0.2, 0.25) is 0 Å². The van der Waals surface area contributed by atoms with Crippen LogP contribution in [-0.4, -0.2) is 52.9 Å². The van der Waals surface area contributed by atoms with E-state index in [1.54, 1.807) is 12.3 Å². The fourth-order valence-corrected chi connectivity index (χ4v) is 2.91. The lowest BCUT2D eigenvalue weighted by molar-refractivity contribution is 0.0614. The molecule has 0 saturated carbocycles. The van der Waals surface area contributed by atoms with Crippen LogP contribution < -0.4 is 5.73 Å². The quantitative estimate of drug-likeness (QED) is 0.924. The Hall–Kier alpha value is -1.62. The molecule has 2 rings (SSSR count). The lowest BCUT2D eigenvalue weighted by Crippen LogP contribution is -2.47. The molecular weight excluding hydrogens is 264 g/mol. The van der Waals surface area contributed by atoms with Crippen LogP contribution in [0.3, 0.4) is 0 Å². The summed E-state index contributed by atoms with van der Waals surface area (Å²) < 4.78 is 0. The third-order valence-electron chi connectivity index (χ3n) is 4.44. The maximum atomic E-state index is 12.6. The number of aromatic nitrogens is 1. The lowest BCUT2D eigenvalue weighted by atomic mass is 10.0. The number of carbonyl (C=O) groups excluding carboxylic acids is 1. The van der Waals surface area contributed by atoms with E-state index in [2.05, 4.69) is 23.7 Å². The van der Waals surface area contributed by atoms with Crippen LogP contribution in [0.15, 0.2) is 12.3 Å². The molecule has 1 aliphatic heterocycles. The van der Waals surface area contributed by atoms with Gasteiger partial charge in [0.05, 0.1) is 23.1 Å². The Labute approximate surface area is 127 Å². The molecule has 0 spiro atoms. The van der Waals surface area contributed by atoms with Gasteiger partial charge in [-0.1, -0.05) is 0 Å². The predicted molar refractivity (Wildman–Crippen MR) is 85.2 cm³/mol. The van der Waals surface area contributed by atoms with Crippen LogP contribution in [-0.2, 0) is 0 Å². The van der Waals surface area contributed by atoms with Crippen molar-refractivity contribution in [1.82, 2.24) is 14.8 Å². The molecule has 0 bridgehead atoms. The van der Waals surface area contributed by atoms with Crippen LogP contribution in [0.5, 0.6) is 0 Å². The van der Waals surface area contributed by atoms with Gasteiger partial charge in [0.25, 0.3) is 5.91 Å². The number of amides is 1. The predicted octanol–water partition coefficient (Wildman–Crippen LogP) is 1.92. The summed E-state index contributed by atoms with van der Waals surface area (Å²) in [5.41, 5.74) is 7.64. The molecule has 1 saturated heterocycles. The SMILES string of the molecule is Cc1ncc(N)cc1C(=O)N(C)C1CCN(C(C)C)CC1. The van der Waals surface area contributed by atoms with Crippen molar-refractivity contribution in [2.45, 2.75) is 45.7 Å². The second-order valence-corrected chi connectivity index (χ2v) is 6.18. The highest BCUT2D eigenvalue weighted by molar-refractivity contribution is 5.96. The molecule has 5 heteroatoms. The molecule has 0 unspecified atom stereocenters. The maximum Gasteiger partial charge on any atom is 0.255 e. The van der Waals surface area contributed by atoms with Crippen LogP contribution in [0, 0.1) is 6.92 Å². The van der Waals surface area contributed by atoms with Crippen molar-refractivity contribution < 1.29 is 4.79 Å². The Morgan fingerprint density at radius 3 is 2.62 bits per heavy atom. The van der Waals surface area contributed by atoms with Crippen LogP contribution in [0.1, 0.15) is 42.7 Å². The van der Waals surface area contributed by atoms with E-state index >= 15 is 0 Å².